The van der Waals surface area contributed by atoms with Gasteiger partial charge in [0.1, 0.15) is 11.6 Å². The summed E-state index contributed by atoms with van der Waals surface area (Å²) in [6.45, 7) is 3.48. The summed E-state index contributed by atoms with van der Waals surface area (Å²) in [5.74, 6) is -0.282. The SMILES string of the molecule is CCCOCCOc1ccc(C(N)=S)cc1F. The zero-order valence-electron chi connectivity index (χ0n) is 9.74. The van der Waals surface area contributed by atoms with E-state index in [1.807, 2.05) is 6.92 Å². The Hall–Kier alpha value is -1.20. The van der Waals surface area contributed by atoms with Gasteiger partial charge in [0.2, 0.25) is 0 Å². The summed E-state index contributed by atoms with van der Waals surface area (Å²) in [7, 11) is 0. The molecule has 0 aliphatic heterocycles. The Morgan fingerprint density at radius 2 is 2.12 bits per heavy atom. The number of nitrogens with two attached hydrogens (primary N) is 1. The maximum Gasteiger partial charge on any atom is 0.165 e. The molecule has 0 heterocycles. The molecule has 0 aliphatic rings. The van der Waals surface area contributed by atoms with Crippen LogP contribution in [0.3, 0.4) is 0 Å². The molecule has 0 saturated carbocycles. The fourth-order valence-corrected chi connectivity index (χ4v) is 1.36. The van der Waals surface area contributed by atoms with Gasteiger partial charge >= 0.3 is 0 Å². The first-order chi connectivity index (χ1) is 8.15. The number of benzene rings is 1. The molecule has 0 spiro atoms. The number of hydrogen-bond acceptors (Lipinski definition) is 3. The average Bonchev–Trinajstić information content (AvgIpc) is 2.30. The van der Waals surface area contributed by atoms with E-state index in [4.69, 9.17) is 27.4 Å². The standard InChI is InChI=1S/C12H16FNO2S/c1-2-5-15-6-7-16-11-4-3-9(12(14)17)8-10(11)13/h3-4,8H,2,5-7H2,1H3,(H2,14,17). The Labute approximate surface area is 106 Å². The van der Waals surface area contributed by atoms with Crippen LogP contribution < -0.4 is 10.5 Å². The molecule has 2 N–H and O–H groups in total. The van der Waals surface area contributed by atoms with E-state index in [1.165, 1.54) is 12.1 Å². The number of halogens is 1. The molecule has 1 aromatic rings. The molecule has 0 aromatic heterocycles. The van der Waals surface area contributed by atoms with Gasteiger partial charge in [-0.05, 0) is 24.6 Å². The Morgan fingerprint density at radius 3 is 2.71 bits per heavy atom. The zero-order chi connectivity index (χ0) is 12.7. The van der Waals surface area contributed by atoms with Crippen LogP contribution >= 0.6 is 12.2 Å². The molecule has 0 saturated heterocycles. The van der Waals surface area contributed by atoms with Crippen LogP contribution in [0, 0.1) is 5.82 Å². The van der Waals surface area contributed by atoms with Crippen LogP contribution in [0.5, 0.6) is 5.75 Å². The van der Waals surface area contributed by atoms with Gasteiger partial charge in [0, 0.05) is 12.2 Å². The summed E-state index contributed by atoms with van der Waals surface area (Å²) in [6.07, 6.45) is 0.955. The molecular weight excluding hydrogens is 241 g/mol. The number of rotatable bonds is 7. The van der Waals surface area contributed by atoms with Crippen LogP contribution in [0.4, 0.5) is 4.39 Å². The van der Waals surface area contributed by atoms with Crippen LogP contribution in [-0.4, -0.2) is 24.8 Å². The van der Waals surface area contributed by atoms with E-state index in [-0.39, 0.29) is 10.7 Å². The van der Waals surface area contributed by atoms with Crippen molar-refractivity contribution in [2.75, 3.05) is 19.8 Å². The van der Waals surface area contributed by atoms with Crippen LogP contribution in [0.15, 0.2) is 18.2 Å². The molecule has 3 nitrogen and oxygen atoms in total. The minimum Gasteiger partial charge on any atom is -0.488 e. The number of thiocarbonyl (C=S) groups is 1. The molecule has 0 atom stereocenters. The van der Waals surface area contributed by atoms with E-state index < -0.39 is 5.82 Å². The molecule has 1 aromatic carbocycles. The Kier molecular flexibility index (Phi) is 5.86. The first-order valence-corrected chi connectivity index (χ1v) is 5.86. The summed E-state index contributed by atoms with van der Waals surface area (Å²) in [4.78, 5) is 0.168. The number of ether oxygens (including phenoxy) is 2. The summed E-state index contributed by atoms with van der Waals surface area (Å²) < 4.78 is 24.0. The summed E-state index contributed by atoms with van der Waals surface area (Å²) in [6, 6.07) is 4.42. The molecule has 0 radical (unpaired) electrons. The molecule has 5 heteroatoms. The van der Waals surface area contributed by atoms with Gasteiger partial charge in [-0.15, -0.1) is 0 Å². The van der Waals surface area contributed by atoms with Crippen molar-refractivity contribution in [3.8, 4) is 5.75 Å². The van der Waals surface area contributed by atoms with Crippen molar-refractivity contribution in [3.05, 3.63) is 29.6 Å². The third kappa shape index (κ3) is 4.66. The quantitative estimate of drug-likeness (QED) is 0.601. The van der Waals surface area contributed by atoms with E-state index in [2.05, 4.69) is 0 Å². The molecule has 0 aliphatic carbocycles. The zero-order valence-corrected chi connectivity index (χ0v) is 10.6. The lowest BCUT2D eigenvalue weighted by Crippen LogP contribution is -2.11. The fraction of sp³-hybridized carbons (Fsp3) is 0.417. The predicted molar refractivity (Wildman–Crippen MR) is 68.9 cm³/mol. The first kappa shape index (κ1) is 13.9. The van der Waals surface area contributed by atoms with Gasteiger partial charge in [-0.2, -0.15) is 0 Å². The average molecular weight is 257 g/mol. The monoisotopic (exact) mass is 257 g/mol. The van der Waals surface area contributed by atoms with Gasteiger partial charge in [0.15, 0.2) is 11.6 Å². The highest BCUT2D eigenvalue weighted by molar-refractivity contribution is 7.80. The smallest absolute Gasteiger partial charge is 0.165 e. The molecule has 17 heavy (non-hydrogen) atoms. The van der Waals surface area contributed by atoms with E-state index in [0.29, 0.717) is 25.4 Å². The lowest BCUT2D eigenvalue weighted by Gasteiger charge is -2.08. The minimum absolute atomic E-state index is 0.168. The van der Waals surface area contributed by atoms with Crippen molar-refractivity contribution in [1.29, 1.82) is 0 Å². The van der Waals surface area contributed by atoms with Crippen molar-refractivity contribution < 1.29 is 13.9 Å². The van der Waals surface area contributed by atoms with Gasteiger partial charge in [-0.1, -0.05) is 19.1 Å². The summed E-state index contributed by atoms with van der Waals surface area (Å²) in [5.41, 5.74) is 5.88. The van der Waals surface area contributed by atoms with Crippen LogP contribution in [-0.2, 0) is 4.74 Å². The van der Waals surface area contributed by atoms with Gasteiger partial charge in [0.05, 0.1) is 6.61 Å². The normalized spacial score (nSPS) is 10.2. The summed E-state index contributed by atoms with van der Waals surface area (Å²) in [5, 5.41) is 0. The van der Waals surface area contributed by atoms with Gasteiger partial charge in [0.25, 0.3) is 0 Å². The molecule has 1 rings (SSSR count). The Bertz CT molecular complexity index is 385. The maximum atomic E-state index is 13.5. The van der Waals surface area contributed by atoms with Crippen molar-refractivity contribution in [3.63, 3.8) is 0 Å². The minimum atomic E-state index is -0.467. The highest BCUT2D eigenvalue weighted by Gasteiger charge is 2.05. The van der Waals surface area contributed by atoms with Crippen molar-refractivity contribution >= 4 is 17.2 Å². The second-order valence-corrected chi connectivity index (χ2v) is 3.91. The second kappa shape index (κ2) is 7.19. The summed E-state index contributed by atoms with van der Waals surface area (Å²) >= 11 is 4.75. The highest BCUT2D eigenvalue weighted by Crippen LogP contribution is 2.18. The van der Waals surface area contributed by atoms with E-state index in [0.717, 1.165) is 6.42 Å². The Balaban J connectivity index is 2.46. The van der Waals surface area contributed by atoms with Crippen molar-refractivity contribution in [2.45, 2.75) is 13.3 Å². The molecule has 0 amide bonds. The van der Waals surface area contributed by atoms with Gasteiger partial charge < -0.3 is 15.2 Å². The van der Waals surface area contributed by atoms with Crippen molar-refractivity contribution in [1.82, 2.24) is 0 Å². The molecule has 0 bridgehead atoms. The fourth-order valence-electron chi connectivity index (χ4n) is 1.23. The third-order valence-corrected chi connectivity index (χ3v) is 2.29. The maximum absolute atomic E-state index is 13.5. The topological polar surface area (TPSA) is 44.5 Å². The predicted octanol–water partition coefficient (Wildman–Crippen LogP) is 2.27. The Morgan fingerprint density at radius 1 is 1.35 bits per heavy atom. The largest absolute Gasteiger partial charge is 0.488 e. The second-order valence-electron chi connectivity index (χ2n) is 3.47. The molecule has 94 valence electrons. The van der Waals surface area contributed by atoms with E-state index >= 15 is 0 Å². The molecule has 0 unspecified atom stereocenters. The molecular formula is C12H16FNO2S. The van der Waals surface area contributed by atoms with Crippen LogP contribution in [0.2, 0.25) is 0 Å². The van der Waals surface area contributed by atoms with Crippen LogP contribution in [0.1, 0.15) is 18.9 Å². The van der Waals surface area contributed by atoms with E-state index in [1.54, 1.807) is 6.07 Å². The van der Waals surface area contributed by atoms with Gasteiger partial charge in [-0.25, -0.2) is 4.39 Å². The first-order valence-electron chi connectivity index (χ1n) is 5.45. The third-order valence-electron chi connectivity index (χ3n) is 2.05. The lowest BCUT2D eigenvalue weighted by molar-refractivity contribution is 0.0992. The lowest BCUT2D eigenvalue weighted by atomic mass is 10.2. The van der Waals surface area contributed by atoms with Crippen molar-refractivity contribution in [2.24, 2.45) is 5.73 Å². The molecule has 0 fully saturated rings. The van der Waals surface area contributed by atoms with E-state index in [9.17, 15) is 4.39 Å². The highest BCUT2D eigenvalue weighted by atomic mass is 32.1. The van der Waals surface area contributed by atoms with Gasteiger partial charge in [-0.3, -0.25) is 0 Å². The number of hydrogen-bond donors (Lipinski definition) is 1. The van der Waals surface area contributed by atoms with Crippen LogP contribution in [0.25, 0.3) is 0 Å².